The van der Waals surface area contributed by atoms with Crippen molar-refractivity contribution in [2.24, 2.45) is 0 Å². The smallest absolute Gasteiger partial charge is 0.196 e. The summed E-state index contributed by atoms with van der Waals surface area (Å²) in [6.45, 7) is 2.32. The minimum absolute atomic E-state index is 0.0652. The first-order chi connectivity index (χ1) is 10.0. The van der Waals surface area contributed by atoms with Gasteiger partial charge in [-0.3, -0.25) is 0 Å². The second-order valence-electron chi connectivity index (χ2n) is 5.16. The van der Waals surface area contributed by atoms with Gasteiger partial charge in [0, 0.05) is 6.42 Å². The lowest BCUT2D eigenvalue weighted by molar-refractivity contribution is 0.246. The van der Waals surface area contributed by atoms with Gasteiger partial charge in [-0.05, 0) is 30.7 Å². The summed E-state index contributed by atoms with van der Waals surface area (Å²) in [5, 5.41) is 2.77. The molecule has 3 rings (SSSR count). The fourth-order valence-electron chi connectivity index (χ4n) is 2.45. The van der Waals surface area contributed by atoms with E-state index in [1.165, 1.54) is 6.07 Å². The number of aryl methyl sites for hydroxylation is 1. The third-order valence-electron chi connectivity index (χ3n) is 3.51. The van der Waals surface area contributed by atoms with Crippen LogP contribution in [0.25, 0.3) is 0 Å². The van der Waals surface area contributed by atoms with Crippen LogP contribution in [-0.4, -0.2) is 12.6 Å². The largest absolute Gasteiger partial charge is 0.488 e. The van der Waals surface area contributed by atoms with Crippen LogP contribution in [0, 0.1) is 24.4 Å². The monoisotopic (exact) mass is 293 g/mol. The number of rotatable bonds is 3. The SMILES string of the molecule is Cc1ccc2c(c1)CC(CNc1ccc(F)c(F)c1F)O2. The summed E-state index contributed by atoms with van der Waals surface area (Å²) in [6, 6.07) is 7.99. The second-order valence-corrected chi connectivity index (χ2v) is 5.16. The van der Waals surface area contributed by atoms with Crippen LogP contribution in [0.3, 0.4) is 0 Å². The molecule has 5 heteroatoms. The Hall–Kier alpha value is -2.17. The Morgan fingerprint density at radius 2 is 1.95 bits per heavy atom. The van der Waals surface area contributed by atoms with Crippen LogP contribution in [0.4, 0.5) is 18.9 Å². The molecule has 1 unspecified atom stereocenters. The fraction of sp³-hybridized carbons (Fsp3) is 0.250. The maximum absolute atomic E-state index is 13.5. The Labute approximate surface area is 120 Å². The third-order valence-corrected chi connectivity index (χ3v) is 3.51. The van der Waals surface area contributed by atoms with Crippen molar-refractivity contribution >= 4 is 5.69 Å². The van der Waals surface area contributed by atoms with Crippen molar-refractivity contribution in [3.63, 3.8) is 0 Å². The van der Waals surface area contributed by atoms with E-state index >= 15 is 0 Å². The predicted octanol–water partition coefficient (Wildman–Crippen LogP) is 3.83. The summed E-state index contributed by atoms with van der Waals surface area (Å²) in [6.07, 6.45) is 0.546. The van der Waals surface area contributed by atoms with Crippen LogP contribution in [0.2, 0.25) is 0 Å². The molecule has 1 N–H and O–H groups in total. The summed E-state index contributed by atoms with van der Waals surface area (Å²) >= 11 is 0. The first-order valence-corrected chi connectivity index (χ1v) is 6.68. The molecular weight excluding hydrogens is 279 g/mol. The zero-order valence-electron chi connectivity index (χ0n) is 11.4. The molecule has 21 heavy (non-hydrogen) atoms. The molecule has 1 aliphatic heterocycles. The van der Waals surface area contributed by atoms with Crippen molar-refractivity contribution in [1.29, 1.82) is 0 Å². The first kappa shape index (κ1) is 13.8. The molecule has 0 radical (unpaired) electrons. The summed E-state index contributed by atoms with van der Waals surface area (Å²) in [7, 11) is 0. The topological polar surface area (TPSA) is 21.3 Å². The molecule has 0 spiro atoms. The molecule has 0 aromatic heterocycles. The highest BCUT2D eigenvalue weighted by atomic mass is 19.2. The Morgan fingerprint density at radius 3 is 2.76 bits per heavy atom. The Bertz CT molecular complexity index is 687. The average molecular weight is 293 g/mol. The molecule has 1 atom stereocenters. The number of hydrogen-bond donors (Lipinski definition) is 1. The maximum Gasteiger partial charge on any atom is 0.196 e. The van der Waals surface area contributed by atoms with Crippen molar-refractivity contribution in [3.05, 3.63) is 58.9 Å². The lowest BCUT2D eigenvalue weighted by Gasteiger charge is -2.13. The molecule has 0 saturated heterocycles. The van der Waals surface area contributed by atoms with Gasteiger partial charge >= 0.3 is 0 Å². The van der Waals surface area contributed by atoms with Gasteiger partial charge in [-0.1, -0.05) is 17.7 Å². The van der Waals surface area contributed by atoms with E-state index in [1.807, 2.05) is 25.1 Å². The average Bonchev–Trinajstić information content (AvgIpc) is 2.86. The zero-order chi connectivity index (χ0) is 15.0. The Kier molecular flexibility index (Phi) is 3.49. The molecular formula is C16H14F3NO. The van der Waals surface area contributed by atoms with Gasteiger partial charge in [-0.2, -0.15) is 0 Å². The van der Waals surface area contributed by atoms with E-state index < -0.39 is 17.5 Å². The number of benzene rings is 2. The normalized spacial score (nSPS) is 16.5. The highest BCUT2D eigenvalue weighted by Crippen LogP contribution is 2.30. The number of halogens is 3. The summed E-state index contributed by atoms with van der Waals surface area (Å²) in [4.78, 5) is 0. The van der Waals surface area contributed by atoms with Crippen LogP contribution in [0.15, 0.2) is 30.3 Å². The second kappa shape index (κ2) is 5.31. The number of ether oxygens (including phenoxy) is 1. The standard InChI is InChI=1S/C16H14F3NO/c1-9-2-5-14-10(6-9)7-11(21-14)8-20-13-4-3-12(17)15(18)16(13)19/h2-6,11,20H,7-8H2,1H3. The number of fused-ring (bicyclic) bond motifs is 1. The first-order valence-electron chi connectivity index (χ1n) is 6.68. The molecule has 0 amide bonds. The predicted molar refractivity (Wildman–Crippen MR) is 74.1 cm³/mol. The molecule has 2 aromatic carbocycles. The molecule has 0 fully saturated rings. The lowest BCUT2D eigenvalue weighted by Crippen LogP contribution is -2.24. The Morgan fingerprint density at radius 1 is 1.14 bits per heavy atom. The van der Waals surface area contributed by atoms with E-state index in [-0.39, 0.29) is 11.8 Å². The van der Waals surface area contributed by atoms with Gasteiger partial charge in [-0.15, -0.1) is 0 Å². The minimum atomic E-state index is -1.47. The quantitative estimate of drug-likeness (QED) is 0.868. The molecule has 0 saturated carbocycles. The van der Waals surface area contributed by atoms with Crippen molar-refractivity contribution < 1.29 is 17.9 Å². The van der Waals surface area contributed by atoms with E-state index in [0.29, 0.717) is 13.0 Å². The summed E-state index contributed by atoms with van der Waals surface area (Å²) in [5.74, 6) is -3.05. The van der Waals surface area contributed by atoms with E-state index in [9.17, 15) is 13.2 Å². The molecule has 1 heterocycles. The van der Waals surface area contributed by atoms with Gasteiger partial charge in [-0.25, -0.2) is 13.2 Å². The van der Waals surface area contributed by atoms with E-state index in [0.717, 1.165) is 22.9 Å². The highest BCUT2D eigenvalue weighted by molar-refractivity contribution is 5.46. The third kappa shape index (κ3) is 2.68. The molecule has 1 aliphatic rings. The van der Waals surface area contributed by atoms with Gasteiger partial charge in [0.05, 0.1) is 12.2 Å². The minimum Gasteiger partial charge on any atom is -0.488 e. The van der Waals surface area contributed by atoms with Gasteiger partial charge in [0.1, 0.15) is 11.9 Å². The van der Waals surface area contributed by atoms with Crippen molar-refractivity contribution in [3.8, 4) is 5.75 Å². The molecule has 0 aliphatic carbocycles. The number of hydrogen-bond acceptors (Lipinski definition) is 2. The summed E-state index contributed by atoms with van der Waals surface area (Å²) in [5.41, 5.74) is 2.19. The lowest BCUT2D eigenvalue weighted by atomic mass is 10.1. The van der Waals surface area contributed by atoms with Crippen molar-refractivity contribution in [2.75, 3.05) is 11.9 Å². The molecule has 2 aromatic rings. The van der Waals surface area contributed by atoms with Crippen LogP contribution in [0.1, 0.15) is 11.1 Å². The number of nitrogens with one attached hydrogen (secondary N) is 1. The van der Waals surface area contributed by atoms with Crippen molar-refractivity contribution in [1.82, 2.24) is 0 Å². The molecule has 110 valence electrons. The molecule has 2 nitrogen and oxygen atoms in total. The maximum atomic E-state index is 13.5. The molecule has 0 bridgehead atoms. The van der Waals surface area contributed by atoms with Crippen LogP contribution in [-0.2, 0) is 6.42 Å². The zero-order valence-corrected chi connectivity index (χ0v) is 11.4. The van der Waals surface area contributed by atoms with E-state index in [1.54, 1.807) is 0 Å². The van der Waals surface area contributed by atoms with E-state index in [4.69, 9.17) is 4.74 Å². The van der Waals surface area contributed by atoms with Crippen LogP contribution in [0.5, 0.6) is 5.75 Å². The number of anilines is 1. The van der Waals surface area contributed by atoms with Gasteiger partial charge in [0.25, 0.3) is 0 Å². The summed E-state index contributed by atoms with van der Waals surface area (Å²) < 4.78 is 45.2. The van der Waals surface area contributed by atoms with Gasteiger partial charge in [0.2, 0.25) is 0 Å². The van der Waals surface area contributed by atoms with Crippen molar-refractivity contribution in [2.45, 2.75) is 19.4 Å². The van der Waals surface area contributed by atoms with Crippen LogP contribution >= 0.6 is 0 Å². The Balaban J connectivity index is 1.66. The highest BCUT2D eigenvalue weighted by Gasteiger charge is 2.23. The van der Waals surface area contributed by atoms with E-state index in [2.05, 4.69) is 5.32 Å². The van der Waals surface area contributed by atoms with Gasteiger partial charge in [0.15, 0.2) is 17.5 Å². The fourth-order valence-corrected chi connectivity index (χ4v) is 2.45. The van der Waals surface area contributed by atoms with Crippen LogP contribution < -0.4 is 10.1 Å². The van der Waals surface area contributed by atoms with Gasteiger partial charge < -0.3 is 10.1 Å².